The molecule has 0 atom stereocenters. The summed E-state index contributed by atoms with van der Waals surface area (Å²) in [6.07, 6.45) is -4.60. The number of aromatic nitrogens is 2. The first-order chi connectivity index (χ1) is 14.3. The van der Waals surface area contributed by atoms with Crippen LogP contribution in [-0.2, 0) is 11.0 Å². The normalized spacial score (nSPS) is 11.1. The predicted octanol–water partition coefficient (Wildman–Crippen LogP) is 4.41. The number of halogens is 3. The summed E-state index contributed by atoms with van der Waals surface area (Å²) in [5, 5.41) is 14.3. The van der Waals surface area contributed by atoms with Crippen molar-refractivity contribution >= 4 is 23.4 Å². The lowest BCUT2D eigenvalue weighted by molar-refractivity contribution is -0.138. The Morgan fingerprint density at radius 2 is 1.83 bits per heavy atom. The van der Waals surface area contributed by atoms with Crippen molar-refractivity contribution < 1.29 is 27.8 Å². The van der Waals surface area contributed by atoms with Crippen LogP contribution < -0.4 is 15.4 Å². The van der Waals surface area contributed by atoms with Crippen LogP contribution in [0.15, 0.2) is 54.6 Å². The fourth-order valence-electron chi connectivity index (χ4n) is 2.66. The van der Waals surface area contributed by atoms with Crippen molar-refractivity contribution in [2.24, 2.45) is 0 Å². The molecule has 0 bridgehead atoms. The number of hydrogen-bond acceptors (Lipinski definition) is 6. The van der Waals surface area contributed by atoms with E-state index in [4.69, 9.17) is 9.84 Å². The van der Waals surface area contributed by atoms with Gasteiger partial charge < -0.3 is 20.5 Å². The molecule has 7 nitrogen and oxygen atoms in total. The van der Waals surface area contributed by atoms with Gasteiger partial charge in [-0.05, 0) is 18.2 Å². The Hall–Kier alpha value is -3.82. The second kappa shape index (κ2) is 8.68. The molecule has 0 saturated heterocycles. The number of nitrogens with zero attached hydrogens (tertiary/aromatic N) is 2. The number of rotatable bonds is 7. The van der Waals surface area contributed by atoms with Crippen molar-refractivity contribution in [1.29, 1.82) is 0 Å². The van der Waals surface area contributed by atoms with Gasteiger partial charge in [0, 0.05) is 17.3 Å². The van der Waals surface area contributed by atoms with E-state index in [0.717, 1.165) is 18.7 Å². The summed E-state index contributed by atoms with van der Waals surface area (Å²) in [4.78, 5) is 19.3. The van der Waals surface area contributed by atoms with E-state index in [1.54, 1.807) is 30.3 Å². The lowest BCUT2D eigenvalue weighted by Gasteiger charge is -2.15. The van der Waals surface area contributed by atoms with Crippen LogP contribution >= 0.6 is 0 Å². The molecule has 156 valence electrons. The van der Waals surface area contributed by atoms with Gasteiger partial charge in [0.1, 0.15) is 18.1 Å². The highest BCUT2D eigenvalue weighted by molar-refractivity contribution is 5.73. The van der Waals surface area contributed by atoms with E-state index in [-0.39, 0.29) is 23.2 Å². The summed E-state index contributed by atoms with van der Waals surface area (Å²) in [5.74, 6) is -1.20. The van der Waals surface area contributed by atoms with Gasteiger partial charge in [0.25, 0.3) is 0 Å². The van der Waals surface area contributed by atoms with E-state index in [2.05, 4.69) is 20.6 Å². The Kier molecular flexibility index (Phi) is 6.05. The van der Waals surface area contributed by atoms with Gasteiger partial charge in [0.05, 0.1) is 18.4 Å². The number of methoxy groups -OCH3 is 1. The van der Waals surface area contributed by atoms with E-state index in [9.17, 15) is 18.0 Å². The minimum atomic E-state index is -4.60. The molecule has 0 unspecified atom stereocenters. The highest BCUT2D eigenvalue weighted by atomic mass is 19.4. The van der Waals surface area contributed by atoms with Crippen molar-refractivity contribution in [3.63, 3.8) is 0 Å². The predicted molar refractivity (Wildman–Crippen MR) is 105 cm³/mol. The largest absolute Gasteiger partial charge is 0.496 e. The maximum absolute atomic E-state index is 13.3. The number of nitrogens with one attached hydrogen (secondary N) is 2. The Bertz CT molecular complexity index is 1040. The Morgan fingerprint density at radius 3 is 2.47 bits per heavy atom. The van der Waals surface area contributed by atoms with Gasteiger partial charge in [-0.15, -0.1) is 0 Å². The van der Waals surface area contributed by atoms with E-state index >= 15 is 0 Å². The van der Waals surface area contributed by atoms with E-state index in [1.807, 2.05) is 6.07 Å². The summed E-state index contributed by atoms with van der Waals surface area (Å²) < 4.78 is 44.6. The molecule has 10 heteroatoms. The molecule has 1 heterocycles. The zero-order valence-electron chi connectivity index (χ0n) is 15.7. The Morgan fingerprint density at radius 1 is 1.10 bits per heavy atom. The SMILES string of the molecule is COc1ccc(Nc2cc(-c3ccccc3)nc(NCC(=O)O)n2)cc1C(F)(F)F. The first kappa shape index (κ1) is 20.9. The van der Waals surface area contributed by atoms with Gasteiger partial charge in [-0.3, -0.25) is 4.79 Å². The van der Waals surface area contributed by atoms with Crippen molar-refractivity contribution in [3.05, 3.63) is 60.2 Å². The van der Waals surface area contributed by atoms with Gasteiger partial charge >= 0.3 is 12.1 Å². The molecule has 0 aliphatic rings. The third-order valence-electron chi connectivity index (χ3n) is 3.97. The lowest BCUT2D eigenvalue weighted by Crippen LogP contribution is -2.15. The molecule has 2 aromatic carbocycles. The number of aliphatic carboxylic acids is 1. The molecule has 1 aromatic heterocycles. The minimum absolute atomic E-state index is 0.0193. The summed E-state index contributed by atoms with van der Waals surface area (Å²) in [6.45, 7) is -0.418. The zero-order valence-corrected chi connectivity index (χ0v) is 15.7. The maximum atomic E-state index is 13.3. The molecule has 30 heavy (non-hydrogen) atoms. The Labute approximate surface area is 169 Å². The minimum Gasteiger partial charge on any atom is -0.496 e. The highest BCUT2D eigenvalue weighted by Crippen LogP contribution is 2.38. The molecule has 0 fully saturated rings. The van der Waals surface area contributed by atoms with Crippen molar-refractivity contribution in [2.75, 3.05) is 24.3 Å². The molecular formula is C20H17F3N4O3. The van der Waals surface area contributed by atoms with Crippen LogP contribution in [0.1, 0.15) is 5.56 Å². The van der Waals surface area contributed by atoms with Crippen LogP contribution in [0.4, 0.5) is 30.6 Å². The number of carbonyl (C=O) groups is 1. The van der Waals surface area contributed by atoms with Gasteiger partial charge in [0.2, 0.25) is 5.95 Å². The molecule has 0 aliphatic carbocycles. The molecule has 0 radical (unpaired) electrons. The van der Waals surface area contributed by atoms with E-state index in [0.29, 0.717) is 5.69 Å². The topological polar surface area (TPSA) is 96.4 Å². The molecule has 3 N–H and O–H groups in total. The maximum Gasteiger partial charge on any atom is 0.420 e. The number of carboxylic acid groups (broad SMARTS) is 1. The smallest absolute Gasteiger partial charge is 0.420 e. The van der Waals surface area contributed by atoms with Gasteiger partial charge in [-0.25, -0.2) is 4.98 Å². The second-order valence-corrected chi connectivity index (χ2v) is 6.11. The number of anilines is 3. The Balaban J connectivity index is 1.98. The van der Waals surface area contributed by atoms with Gasteiger partial charge in [-0.1, -0.05) is 30.3 Å². The summed E-state index contributed by atoms with van der Waals surface area (Å²) in [6, 6.07) is 14.1. The fourth-order valence-corrected chi connectivity index (χ4v) is 2.66. The average molecular weight is 418 g/mol. The molecule has 0 spiro atoms. The molecular weight excluding hydrogens is 401 g/mol. The standard InChI is InChI=1S/C20H17F3N4O3/c1-30-16-8-7-13(9-14(16)20(21,22)23)25-17-10-15(12-5-3-2-4-6-12)26-19(27-17)24-11-18(28)29/h2-10H,11H2,1H3,(H,28,29)(H2,24,25,26,27). The van der Waals surface area contributed by atoms with Crippen LogP contribution in [0, 0.1) is 0 Å². The van der Waals surface area contributed by atoms with Crippen LogP contribution in [-0.4, -0.2) is 34.7 Å². The highest BCUT2D eigenvalue weighted by Gasteiger charge is 2.34. The molecule has 3 rings (SSSR count). The molecule has 3 aromatic rings. The van der Waals surface area contributed by atoms with E-state index < -0.39 is 24.3 Å². The molecule has 0 amide bonds. The summed E-state index contributed by atoms with van der Waals surface area (Å²) in [5.41, 5.74) is 0.388. The van der Waals surface area contributed by atoms with Crippen LogP contribution in [0.3, 0.4) is 0 Å². The number of hydrogen-bond donors (Lipinski definition) is 3. The second-order valence-electron chi connectivity index (χ2n) is 6.11. The first-order valence-electron chi connectivity index (χ1n) is 8.68. The quantitative estimate of drug-likeness (QED) is 0.523. The third-order valence-corrected chi connectivity index (χ3v) is 3.97. The lowest BCUT2D eigenvalue weighted by atomic mass is 10.1. The fraction of sp³-hybridized carbons (Fsp3) is 0.150. The van der Waals surface area contributed by atoms with Crippen LogP contribution in [0.5, 0.6) is 5.75 Å². The molecule has 0 saturated carbocycles. The van der Waals surface area contributed by atoms with Crippen LogP contribution in [0.25, 0.3) is 11.3 Å². The van der Waals surface area contributed by atoms with Crippen molar-refractivity contribution in [3.8, 4) is 17.0 Å². The van der Waals surface area contributed by atoms with Gasteiger partial charge in [0.15, 0.2) is 0 Å². The number of ether oxygens (including phenoxy) is 1. The average Bonchev–Trinajstić information content (AvgIpc) is 2.72. The monoisotopic (exact) mass is 418 g/mol. The van der Waals surface area contributed by atoms with Gasteiger partial charge in [-0.2, -0.15) is 18.2 Å². The molecule has 0 aliphatic heterocycles. The van der Waals surface area contributed by atoms with Crippen molar-refractivity contribution in [1.82, 2.24) is 9.97 Å². The number of benzene rings is 2. The van der Waals surface area contributed by atoms with Crippen molar-refractivity contribution in [2.45, 2.75) is 6.18 Å². The zero-order chi connectivity index (χ0) is 21.7. The first-order valence-corrected chi connectivity index (χ1v) is 8.68. The summed E-state index contributed by atoms with van der Waals surface area (Å²) in [7, 11) is 1.16. The van der Waals surface area contributed by atoms with E-state index in [1.165, 1.54) is 12.1 Å². The summed E-state index contributed by atoms with van der Waals surface area (Å²) >= 11 is 0. The number of carboxylic acids is 1. The van der Waals surface area contributed by atoms with Crippen LogP contribution in [0.2, 0.25) is 0 Å². The number of alkyl halides is 3. The third kappa shape index (κ3) is 5.16.